The molecular weight excluding hydrogens is 570 g/mol. The van der Waals surface area contributed by atoms with Gasteiger partial charge in [0.05, 0.1) is 11.5 Å². The molecule has 10 atom stereocenters. The number of aliphatic carboxylic acids is 1. The van der Waals surface area contributed by atoms with E-state index < -0.39 is 5.97 Å². The molecule has 3 N–H and O–H groups in total. The number of fused-ring (bicyclic) bond motifs is 7. The Morgan fingerprint density at radius 2 is 1.39 bits per heavy atom. The number of carboxylic acids is 1. The van der Waals surface area contributed by atoms with Gasteiger partial charge in [0.2, 0.25) is 5.91 Å². The van der Waals surface area contributed by atoms with Crippen LogP contribution in [-0.2, 0) is 9.59 Å². The van der Waals surface area contributed by atoms with Crippen molar-refractivity contribution in [3.05, 3.63) is 12.2 Å². The lowest BCUT2D eigenvalue weighted by molar-refractivity contribution is -0.246. The number of aliphatic hydroxyl groups is 1. The van der Waals surface area contributed by atoms with Crippen LogP contribution in [0.4, 0.5) is 0 Å². The van der Waals surface area contributed by atoms with Crippen molar-refractivity contribution >= 4 is 11.9 Å². The van der Waals surface area contributed by atoms with Gasteiger partial charge in [0.25, 0.3) is 0 Å². The summed E-state index contributed by atoms with van der Waals surface area (Å²) < 4.78 is 0. The number of rotatable bonds is 13. The number of hydrogen-bond donors (Lipinski definition) is 3. The SMILES string of the molecule is C=C(C)[C@@H]1CC[C@]2(C(=O)NCCCCCCCCCCC(=O)O)CC[C@]3(C)[C@H](CC[C@@H]4[C@@]5(C)CC[C@@H](O)C(C)(C)[C@@H]5CC[C@]43C)[C@@H]12. The van der Waals surface area contributed by atoms with Gasteiger partial charge in [-0.25, -0.2) is 0 Å². The second-order valence-corrected chi connectivity index (χ2v) is 18.4. The predicted molar refractivity (Wildman–Crippen MR) is 187 cm³/mol. The average Bonchev–Trinajstić information content (AvgIpc) is 3.39. The standard InChI is InChI=1S/C41H69NO4/c1-28(2)29-19-24-41(36(46)42-27-15-13-11-9-8-10-12-14-16-34(44)45)26-25-39(6)30(35(29)41)17-18-32-38(5)22-21-33(43)37(3,4)31(38)20-23-40(32,39)7/h29-33,35,43H,1,8-27H2,2-7H3,(H,42,46)(H,44,45)/t29-,30+,31-,32+,33+,35+,38-,39+,40+,41-/m0/s1. The molecule has 5 nitrogen and oxygen atoms in total. The van der Waals surface area contributed by atoms with Gasteiger partial charge in [0.1, 0.15) is 0 Å². The smallest absolute Gasteiger partial charge is 0.303 e. The fourth-order valence-corrected chi connectivity index (χ4v) is 13.4. The van der Waals surface area contributed by atoms with Crippen molar-refractivity contribution in [2.75, 3.05) is 6.54 Å². The Labute approximate surface area is 281 Å². The lowest BCUT2D eigenvalue weighted by Crippen LogP contribution is -2.67. The number of amides is 1. The lowest BCUT2D eigenvalue weighted by Gasteiger charge is -2.72. The number of allylic oxidation sites excluding steroid dienone is 1. The maximum absolute atomic E-state index is 14.3. The number of carbonyl (C=O) groups excluding carboxylic acids is 1. The number of unbranched alkanes of at least 4 members (excludes halogenated alkanes) is 7. The highest BCUT2D eigenvalue weighted by molar-refractivity contribution is 5.83. The number of nitrogens with one attached hydrogen (secondary N) is 1. The van der Waals surface area contributed by atoms with Gasteiger partial charge >= 0.3 is 5.97 Å². The van der Waals surface area contributed by atoms with Crippen LogP contribution in [0.5, 0.6) is 0 Å². The summed E-state index contributed by atoms with van der Waals surface area (Å²) in [4.78, 5) is 25.0. The van der Waals surface area contributed by atoms with E-state index in [9.17, 15) is 14.7 Å². The first-order valence-corrected chi connectivity index (χ1v) is 19.5. The van der Waals surface area contributed by atoms with E-state index in [1.54, 1.807) is 0 Å². The highest BCUT2D eigenvalue weighted by atomic mass is 16.4. The summed E-state index contributed by atoms with van der Waals surface area (Å²) in [5.74, 6) is 2.32. The van der Waals surface area contributed by atoms with Crippen molar-refractivity contribution in [3.8, 4) is 0 Å². The number of aliphatic hydroxyl groups excluding tert-OH is 1. The fraction of sp³-hybridized carbons (Fsp3) is 0.902. The normalized spacial score (nSPS) is 42.7. The molecule has 5 saturated carbocycles. The summed E-state index contributed by atoms with van der Waals surface area (Å²) in [7, 11) is 0. The molecule has 0 heterocycles. The van der Waals surface area contributed by atoms with Gasteiger partial charge in [-0.2, -0.15) is 0 Å². The molecule has 1 amide bonds. The van der Waals surface area contributed by atoms with Gasteiger partial charge in [-0.3, -0.25) is 9.59 Å². The zero-order valence-corrected chi connectivity index (χ0v) is 30.5. The molecular formula is C41H69NO4. The topological polar surface area (TPSA) is 86.6 Å². The van der Waals surface area contributed by atoms with Crippen LogP contribution in [-0.4, -0.2) is 34.7 Å². The number of carboxylic acid groups (broad SMARTS) is 1. The Bertz CT molecular complexity index is 1130. The maximum Gasteiger partial charge on any atom is 0.303 e. The maximum atomic E-state index is 14.3. The molecule has 0 aromatic carbocycles. The molecule has 5 aliphatic rings. The molecule has 0 radical (unpaired) electrons. The van der Waals surface area contributed by atoms with Gasteiger partial charge in [0.15, 0.2) is 0 Å². The first-order valence-electron chi connectivity index (χ1n) is 19.5. The van der Waals surface area contributed by atoms with E-state index in [0.29, 0.717) is 41.9 Å². The number of carbonyl (C=O) groups is 2. The monoisotopic (exact) mass is 640 g/mol. The Morgan fingerprint density at radius 1 is 0.739 bits per heavy atom. The summed E-state index contributed by atoms with van der Waals surface area (Å²) in [6, 6.07) is 0. The van der Waals surface area contributed by atoms with Crippen molar-refractivity contribution in [1.82, 2.24) is 5.32 Å². The molecule has 5 rings (SSSR count). The molecule has 0 unspecified atom stereocenters. The molecule has 5 aliphatic carbocycles. The summed E-state index contributed by atoms with van der Waals surface area (Å²) in [6.45, 7) is 20.1. The van der Waals surface area contributed by atoms with Gasteiger partial charge in [-0.1, -0.05) is 85.3 Å². The van der Waals surface area contributed by atoms with Gasteiger partial charge in [-0.05, 0) is 135 Å². The molecule has 0 saturated heterocycles. The van der Waals surface area contributed by atoms with Crippen molar-refractivity contribution in [3.63, 3.8) is 0 Å². The van der Waals surface area contributed by atoms with Crippen LogP contribution < -0.4 is 5.32 Å². The van der Waals surface area contributed by atoms with E-state index >= 15 is 0 Å². The summed E-state index contributed by atoms with van der Waals surface area (Å²) in [5.41, 5.74) is 1.79. The molecule has 0 spiro atoms. The fourth-order valence-electron chi connectivity index (χ4n) is 13.4. The Kier molecular flexibility index (Phi) is 10.6. The van der Waals surface area contributed by atoms with Crippen LogP contribution in [0.15, 0.2) is 12.2 Å². The van der Waals surface area contributed by atoms with E-state index in [-0.39, 0.29) is 33.2 Å². The quantitative estimate of drug-likeness (QED) is 0.138. The van der Waals surface area contributed by atoms with E-state index in [0.717, 1.165) is 77.2 Å². The molecule has 0 aromatic heterocycles. The molecule has 5 fully saturated rings. The van der Waals surface area contributed by atoms with Gasteiger partial charge in [0, 0.05) is 13.0 Å². The third-order valence-electron chi connectivity index (χ3n) is 16.1. The van der Waals surface area contributed by atoms with Crippen molar-refractivity contribution in [2.24, 2.45) is 56.7 Å². The van der Waals surface area contributed by atoms with Crippen molar-refractivity contribution in [2.45, 2.75) is 170 Å². The molecule has 0 aliphatic heterocycles. The van der Waals surface area contributed by atoms with Crippen molar-refractivity contribution < 1.29 is 19.8 Å². The Hall–Kier alpha value is -1.36. The van der Waals surface area contributed by atoms with Crippen LogP contribution in [0.2, 0.25) is 0 Å². The summed E-state index contributed by atoms with van der Waals surface area (Å²) in [5, 5.41) is 23.3. The van der Waals surface area contributed by atoms with Crippen molar-refractivity contribution in [1.29, 1.82) is 0 Å². The lowest BCUT2D eigenvalue weighted by atomic mass is 9.32. The zero-order chi connectivity index (χ0) is 33.5. The van der Waals surface area contributed by atoms with E-state index in [4.69, 9.17) is 5.11 Å². The van der Waals surface area contributed by atoms with Crippen LogP contribution in [0.25, 0.3) is 0 Å². The Morgan fingerprint density at radius 3 is 2.04 bits per heavy atom. The summed E-state index contributed by atoms with van der Waals surface area (Å²) in [6.07, 6.45) is 20.2. The third kappa shape index (κ3) is 5.93. The number of hydrogen-bond acceptors (Lipinski definition) is 3. The highest BCUT2D eigenvalue weighted by Gasteiger charge is 2.71. The van der Waals surface area contributed by atoms with Gasteiger partial charge < -0.3 is 15.5 Å². The molecule has 0 aromatic rings. The second kappa shape index (κ2) is 13.5. The largest absolute Gasteiger partial charge is 0.481 e. The van der Waals surface area contributed by atoms with E-state index in [1.807, 2.05) is 0 Å². The van der Waals surface area contributed by atoms with E-state index in [1.165, 1.54) is 50.5 Å². The van der Waals surface area contributed by atoms with E-state index in [2.05, 4.69) is 53.4 Å². The molecule has 0 bridgehead atoms. The van der Waals surface area contributed by atoms with Crippen LogP contribution in [0, 0.1) is 56.7 Å². The second-order valence-electron chi connectivity index (χ2n) is 18.4. The van der Waals surface area contributed by atoms with Gasteiger partial charge in [-0.15, -0.1) is 0 Å². The first-order chi connectivity index (χ1) is 21.6. The average molecular weight is 640 g/mol. The molecule has 5 heteroatoms. The minimum atomic E-state index is -0.688. The third-order valence-corrected chi connectivity index (χ3v) is 16.1. The van der Waals surface area contributed by atoms with Crippen LogP contribution >= 0.6 is 0 Å². The molecule has 262 valence electrons. The molecule has 46 heavy (non-hydrogen) atoms. The zero-order valence-electron chi connectivity index (χ0n) is 30.5. The minimum Gasteiger partial charge on any atom is -0.481 e. The first kappa shape index (κ1) is 35.9. The Balaban J connectivity index is 1.24. The van der Waals surface area contributed by atoms with Crippen LogP contribution in [0.3, 0.4) is 0 Å². The predicted octanol–water partition coefficient (Wildman–Crippen LogP) is 9.72. The minimum absolute atomic E-state index is 0.0221. The van der Waals surface area contributed by atoms with Crippen LogP contribution in [0.1, 0.15) is 164 Å². The highest BCUT2D eigenvalue weighted by Crippen LogP contribution is 2.77. The summed E-state index contributed by atoms with van der Waals surface area (Å²) >= 11 is 0.